The molecule has 1 N–H and O–H groups in total. The molecule has 0 amide bonds. The minimum Gasteiger partial charge on any atom is -0.481 e. The van der Waals surface area contributed by atoms with Crippen LogP contribution in [0.15, 0.2) is 12.2 Å². The van der Waals surface area contributed by atoms with Crippen LogP contribution >= 0.6 is 0 Å². The lowest BCUT2D eigenvalue weighted by atomic mass is 10.1. The molecule has 0 aromatic carbocycles. The van der Waals surface area contributed by atoms with E-state index in [0.29, 0.717) is 0 Å². The van der Waals surface area contributed by atoms with Gasteiger partial charge in [-0.2, -0.15) is 0 Å². The monoisotopic (exact) mass is 200 g/mol. The molecular weight excluding hydrogens is 180 g/mol. The summed E-state index contributed by atoms with van der Waals surface area (Å²) in [5.74, 6) is -0.951. The number of carboxylic acids is 1. The Morgan fingerprint density at radius 3 is 2.08 bits per heavy atom. The third kappa shape index (κ3) is 3.76. The number of aliphatic carboxylic acids is 1. The summed E-state index contributed by atoms with van der Waals surface area (Å²) >= 11 is 0. The first-order chi connectivity index (χ1) is 5.80. The van der Waals surface area contributed by atoms with Crippen molar-refractivity contribution in [2.45, 2.75) is 39.0 Å². The minimum absolute atomic E-state index is 0.231. The van der Waals surface area contributed by atoms with Gasteiger partial charge in [-0.1, -0.05) is 38.7 Å². The molecule has 2 nitrogen and oxygen atoms in total. The molecule has 0 aliphatic heterocycles. The van der Waals surface area contributed by atoms with Gasteiger partial charge < -0.3 is 5.11 Å². The number of allylic oxidation sites excluding steroid dienone is 2. The summed E-state index contributed by atoms with van der Waals surface area (Å²) in [5.41, 5.74) is 0.231. The molecular formula is C10H20O2Si. The number of carboxylic acid groups (broad SMARTS) is 1. The smallest absolute Gasteiger partial charge is 0.306 e. The highest BCUT2D eigenvalue weighted by atomic mass is 28.3. The summed E-state index contributed by atoms with van der Waals surface area (Å²) < 4.78 is 0. The number of hydrogen-bond acceptors (Lipinski definition) is 1. The van der Waals surface area contributed by atoms with Gasteiger partial charge in [-0.15, -0.1) is 0 Å². The highest BCUT2D eigenvalue weighted by molar-refractivity contribution is 6.78. The topological polar surface area (TPSA) is 37.3 Å². The van der Waals surface area contributed by atoms with Gasteiger partial charge in [0.1, 0.15) is 0 Å². The predicted molar refractivity (Wildman–Crippen MR) is 58.7 cm³/mol. The molecule has 0 saturated heterocycles. The lowest BCUT2D eigenvalue weighted by Gasteiger charge is -2.29. The van der Waals surface area contributed by atoms with Crippen LogP contribution in [0.2, 0.25) is 25.2 Å². The number of carbonyl (C=O) groups is 1. The van der Waals surface area contributed by atoms with E-state index < -0.39 is 14.0 Å². The molecule has 0 aromatic rings. The lowest BCUT2D eigenvalue weighted by Crippen LogP contribution is -2.34. The average Bonchev–Trinajstić information content (AvgIpc) is 1.96. The summed E-state index contributed by atoms with van der Waals surface area (Å²) in [6, 6.07) is 0. The van der Waals surface area contributed by atoms with Crippen molar-refractivity contribution in [3.63, 3.8) is 0 Å². The highest BCUT2D eigenvalue weighted by Crippen LogP contribution is 2.31. The summed E-state index contributed by atoms with van der Waals surface area (Å²) in [4.78, 5) is 10.9. The standard InChI is InChI=1S/C10H20O2Si/c1-6-7-9(13(3,4)5)8(2)10(11)12/h6-9H,1-5H3,(H,11,12)/b7-6+/t8-,9+/m1/s1. The third-order valence-corrected chi connectivity index (χ3v) is 5.02. The van der Waals surface area contributed by atoms with E-state index in [9.17, 15) is 4.79 Å². The van der Waals surface area contributed by atoms with Gasteiger partial charge in [0, 0.05) is 0 Å². The molecule has 0 heterocycles. The summed E-state index contributed by atoms with van der Waals surface area (Å²) in [5, 5.41) is 8.93. The summed E-state index contributed by atoms with van der Waals surface area (Å²) in [7, 11) is -1.40. The van der Waals surface area contributed by atoms with E-state index in [-0.39, 0.29) is 11.5 Å². The molecule has 0 rings (SSSR count). The van der Waals surface area contributed by atoms with E-state index in [0.717, 1.165) is 0 Å². The van der Waals surface area contributed by atoms with Crippen LogP contribution in [-0.2, 0) is 4.79 Å². The Morgan fingerprint density at radius 1 is 1.38 bits per heavy atom. The molecule has 0 fully saturated rings. The van der Waals surface area contributed by atoms with E-state index in [4.69, 9.17) is 5.11 Å². The van der Waals surface area contributed by atoms with E-state index in [1.165, 1.54) is 0 Å². The van der Waals surface area contributed by atoms with Gasteiger partial charge >= 0.3 is 5.97 Å². The zero-order valence-electron chi connectivity index (χ0n) is 9.16. The van der Waals surface area contributed by atoms with Crippen LogP contribution in [0.4, 0.5) is 0 Å². The first-order valence-corrected chi connectivity index (χ1v) is 8.24. The van der Waals surface area contributed by atoms with Crippen molar-refractivity contribution in [1.82, 2.24) is 0 Å². The fraction of sp³-hybridized carbons (Fsp3) is 0.700. The Kier molecular flexibility index (Phi) is 4.40. The van der Waals surface area contributed by atoms with E-state index in [1.54, 1.807) is 6.92 Å². The molecule has 76 valence electrons. The maximum absolute atomic E-state index is 10.9. The third-order valence-electron chi connectivity index (χ3n) is 2.33. The van der Waals surface area contributed by atoms with Crippen molar-refractivity contribution in [2.75, 3.05) is 0 Å². The Hall–Kier alpha value is -0.573. The molecule has 0 aromatic heterocycles. The molecule has 0 aliphatic carbocycles. The molecule has 0 saturated carbocycles. The van der Waals surface area contributed by atoms with Gasteiger partial charge in [-0.05, 0) is 12.5 Å². The molecule has 0 spiro atoms. The molecule has 0 unspecified atom stereocenters. The van der Waals surface area contributed by atoms with Gasteiger partial charge in [0.25, 0.3) is 0 Å². The summed E-state index contributed by atoms with van der Waals surface area (Å²) in [6.07, 6.45) is 4.01. The van der Waals surface area contributed by atoms with E-state index in [1.807, 2.05) is 19.1 Å². The predicted octanol–water partition coefficient (Wildman–Crippen LogP) is 2.99. The number of rotatable bonds is 4. The van der Waals surface area contributed by atoms with Crippen LogP contribution in [-0.4, -0.2) is 19.1 Å². The quantitative estimate of drug-likeness (QED) is 0.559. The fourth-order valence-electron chi connectivity index (χ4n) is 1.57. The van der Waals surface area contributed by atoms with Crippen molar-refractivity contribution >= 4 is 14.0 Å². The molecule has 0 radical (unpaired) electrons. The van der Waals surface area contributed by atoms with Crippen molar-refractivity contribution in [3.8, 4) is 0 Å². The van der Waals surface area contributed by atoms with Crippen LogP contribution in [0.1, 0.15) is 13.8 Å². The fourth-order valence-corrected chi connectivity index (χ4v) is 3.98. The van der Waals surface area contributed by atoms with Crippen LogP contribution in [0.25, 0.3) is 0 Å². The molecule has 3 heteroatoms. The van der Waals surface area contributed by atoms with Crippen LogP contribution < -0.4 is 0 Å². The Balaban J connectivity index is 4.71. The van der Waals surface area contributed by atoms with Gasteiger partial charge in [0.05, 0.1) is 14.0 Å². The van der Waals surface area contributed by atoms with Crippen LogP contribution in [0, 0.1) is 5.92 Å². The highest BCUT2D eigenvalue weighted by Gasteiger charge is 2.32. The zero-order chi connectivity index (χ0) is 10.6. The first-order valence-electron chi connectivity index (χ1n) is 4.66. The van der Waals surface area contributed by atoms with Crippen molar-refractivity contribution in [2.24, 2.45) is 5.92 Å². The number of hydrogen-bond donors (Lipinski definition) is 1. The Bertz CT molecular complexity index is 203. The molecule has 13 heavy (non-hydrogen) atoms. The van der Waals surface area contributed by atoms with Crippen LogP contribution in [0.5, 0.6) is 0 Å². The maximum Gasteiger partial charge on any atom is 0.306 e. The minimum atomic E-state index is -1.40. The zero-order valence-corrected chi connectivity index (χ0v) is 10.2. The second-order valence-corrected chi connectivity index (χ2v) is 9.94. The van der Waals surface area contributed by atoms with Crippen LogP contribution in [0.3, 0.4) is 0 Å². The summed E-state index contributed by atoms with van der Waals surface area (Å²) in [6.45, 7) is 10.4. The largest absolute Gasteiger partial charge is 0.481 e. The maximum atomic E-state index is 10.9. The molecule has 0 bridgehead atoms. The van der Waals surface area contributed by atoms with Gasteiger partial charge in [-0.3, -0.25) is 4.79 Å². The van der Waals surface area contributed by atoms with Crippen molar-refractivity contribution in [3.05, 3.63) is 12.2 Å². The van der Waals surface area contributed by atoms with E-state index >= 15 is 0 Å². The van der Waals surface area contributed by atoms with Crippen molar-refractivity contribution < 1.29 is 9.90 Å². The molecule has 2 atom stereocenters. The second-order valence-electron chi connectivity index (χ2n) is 4.54. The average molecular weight is 200 g/mol. The van der Waals surface area contributed by atoms with Gasteiger partial charge in [0.2, 0.25) is 0 Å². The molecule has 0 aliphatic rings. The lowest BCUT2D eigenvalue weighted by molar-refractivity contribution is -0.141. The Labute approximate surface area is 81.7 Å². The Morgan fingerprint density at radius 2 is 1.85 bits per heavy atom. The van der Waals surface area contributed by atoms with Gasteiger partial charge in [0.15, 0.2) is 0 Å². The SMILES string of the molecule is C/C=C/[C@@H]([C@@H](C)C(=O)O)[Si](C)(C)C. The van der Waals surface area contributed by atoms with Gasteiger partial charge in [-0.25, -0.2) is 0 Å². The first kappa shape index (κ1) is 12.4. The van der Waals surface area contributed by atoms with Crippen molar-refractivity contribution in [1.29, 1.82) is 0 Å². The van der Waals surface area contributed by atoms with E-state index in [2.05, 4.69) is 19.6 Å². The second kappa shape index (κ2) is 4.60. The normalized spacial score (nSPS) is 17.3.